The molecule has 1 saturated carbocycles. The minimum absolute atomic E-state index is 0.190. The van der Waals surface area contributed by atoms with Crippen molar-refractivity contribution in [2.24, 2.45) is 16.7 Å². The molecular formula is C10H12BrO2-. The third-order valence-electron chi connectivity index (χ3n) is 4.07. The van der Waals surface area contributed by atoms with Crippen LogP contribution in [-0.4, -0.2) is 5.97 Å². The molecule has 0 heterocycles. The number of rotatable bonds is 1. The fraction of sp³-hybridized carbons (Fsp3) is 0.700. The highest BCUT2D eigenvalue weighted by Gasteiger charge is 2.59. The van der Waals surface area contributed by atoms with Gasteiger partial charge in [0.05, 0.1) is 0 Å². The smallest absolute Gasteiger partial charge is 0.0482 e. The maximum atomic E-state index is 11.1. The quantitative estimate of drug-likeness (QED) is 0.700. The van der Waals surface area contributed by atoms with Crippen LogP contribution in [-0.2, 0) is 4.79 Å². The largest absolute Gasteiger partial charge is 0.550 e. The highest BCUT2D eigenvalue weighted by atomic mass is 79.9. The molecule has 72 valence electrons. The van der Waals surface area contributed by atoms with Gasteiger partial charge < -0.3 is 9.90 Å². The highest BCUT2D eigenvalue weighted by molar-refractivity contribution is 9.11. The predicted molar refractivity (Wildman–Crippen MR) is 51.0 cm³/mol. The van der Waals surface area contributed by atoms with Crippen molar-refractivity contribution in [1.29, 1.82) is 0 Å². The van der Waals surface area contributed by atoms with Crippen molar-refractivity contribution < 1.29 is 9.90 Å². The summed E-state index contributed by atoms with van der Waals surface area (Å²) in [5, 5.41) is 11.1. The molecule has 0 amide bonds. The van der Waals surface area contributed by atoms with Gasteiger partial charge in [-0.3, -0.25) is 0 Å². The molecule has 0 aliphatic heterocycles. The summed E-state index contributed by atoms with van der Waals surface area (Å²) < 4.78 is 1.17. The summed E-state index contributed by atoms with van der Waals surface area (Å²) in [6.07, 6.45) is 3.71. The first-order chi connectivity index (χ1) is 5.92. The summed E-state index contributed by atoms with van der Waals surface area (Å²) in [7, 11) is 0. The van der Waals surface area contributed by atoms with Crippen molar-refractivity contribution in [2.75, 3.05) is 0 Å². The first-order valence-corrected chi connectivity index (χ1v) is 5.31. The fourth-order valence-electron chi connectivity index (χ4n) is 2.68. The number of fused-ring (bicyclic) bond motifs is 1. The molecule has 2 aliphatic rings. The summed E-state index contributed by atoms with van der Waals surface area (Å²) >= 11 is 3.45. The van der Waals surface area contributed by atoms with Crippen molar-refractivity contribution in [3.05, 3.63) is 10.6 Å². The molecule has 3 heteroatoms. The minimum Gasteiger partial charge on any atom is -0.550 e. The lowest BCUT2D eigenvalue weighted by Crippen LogP contribution is -2.51. The standard InChI is InChI=1S/C10H13BrO2/c1-9(8(12)13)4-3-6-7(11)5-10(6,9)2/h5-6H,3-4H2,1-2H3,(H,12,13)/p-1/t6-,9+,10+/m1/s1. The monoisotopic (exact) mass is 243 g/mol. The Labute approximate surface area is 86.1 Å². The maximum absolute atomic E-state index is 11.1. The number of carbonyl (C=O) groups excluding carboxylic acids is 1. The van der Waals surface area contributed by atoms with Gasteiger partial charge in [-0.05, 0) is 23.2 Å². The number of allylic oxidation sites excluding steroid dienone is 2. The van der Waals surface area contributed by atoms with E-state index in [0.717, 1.165) is 12.8 Å². The molecule has 0 unspecified atom stereocenters. The van der Waals surface area contributed by atoms with Crippen LogP contribution >= 0.6 is 15.9 Å². The average molecular weight is 244 g/mol. The van der Waals surface area contributed by atoms with E-state index in [1.54, 1.807) is 6.92 Å². The number of hydrogen-bond donors (Lipinski definition) is 0. The number of carbonyl (C=O) groups is 1. The molecule has 0 radical (unpaired) electrons. The maximum Gasteiger partial charge on any atom is 0.0482 e. The van der Waals surface area contributed by atoms with E-state index in [4.69, 9.17) is 0 Å². The average Bonchev–Trinajstić information content (AvgIpc) is 2.22. The van der Waals surface area contributed by atoms with Gasteiger partial charge in [-0.1, -0.05) is 35.9 Å². The Kier molecular flexibility index (Phi) is 1.69. The van der Waals surface area contributed by atoms with Crippen LogP contribution in [0.1, 0.15) is 26.7 Å². The Morgan fingerprint density at radius 2 is 2.31 bits per heavy atom. The first kappa shape index (κ1) is 9.25. The number of hydrogen-bond acceptors (Lipinski definition) is 2. The zero-order valence-electron chi connectivity index (χ0n) is 7.76. The molecule has 13 heavy (non-hydrogen) atoms. The Bertz CT molecular complexity index is 310. The molecule has 0 aromatic rings. The third kappa shape index (κ3) is 0.862. The zero-order valence-corrected chi connectivity index (χ0v) is 9.35. The molecule has 0 N–H and O–H groups in total. The Balaban J connectivity index is 2.42. The van der Waals surface area contributed by atoms with E-state index in [1.165, 1.54) is 4.48 Å². The van der Waals surface area contributed by atoms with Crippen LogP contribution in [0.25, 0.3) is 0 Å². The Morgan fingerprint density at radius 1 is 1.69 bits per heavy atom. The fourth-order valence-corrected chi connectivity index (χ4v) is 3.86. The predicted octanol–water partition coefficient (Wildman–Crippen LogP) is 1.45. The second kappa shape index (κ2) is 2.38. The molecule has 0 aromatic carbocycles. The van der Waals surface area contributed by atoms with E-state index in [0.29, 0.717) is 5.92 Å². The van der Waals surface area contributed by atoms with Gasteiger partial charge in [-0.2, -0.15) is 0 Å². The van der Waals surface area contributed by atoms with E-state index < -0.39 is 11.4 Å². The molecule has 0 aromatic heterocycles. The van der Waals surface area contributed by atoms with E-state index in [1.807, 2.05) is 13.0 Å². The summed E-state index contributed by atoms with van der Waals surface area (Å²) in [6, 6.07) is 0. The van der Waals surface area contributed by atoms with Crippen LogP contribution in [0.15, 0.2) is 10.6 Å². The van der Waals surface area contributed by atoms with Crippen LogP contribution in [0.2, 0.25) is 0 Å². The second-order valence-corrected chi connectivity index (χ2v) is 5.44. The van der Waals surface area contributed by atoms with Gasteiger partial charge in [-0.25, -0.2) is 0 Å². The van der Waals surface area contributed by atoms with Gasteiger partial charge in [0.25, 0.3) is 0 Å². The normalized spacial score (nSPS) is 47.9. The van der Waals surface area contributed by atoms with Gasteiger partial charge in [0.1, 0.15) is 0 Å². The molecule has 2 nitrogen and oxygen atoms in total. The van der Waals surface area contributed by atoms with Crippen LogP contribution in [0.3, 0.4) is 0 Å². The van der Waals surface area contributed by atoms with Crippen molar-refractivity contribution in [1.82, 2.24) is 0 Å². The van der Waals surface area contributed by atoms with Crippen LogP contribution < -0.4 is 5.11 Å². The summed E-state index contributed by atoms with van der Waals surface area (Å²) in [6.45, 7) is 3.82. The van der Waals surface area contributed by atoms with E-state index in [9.17, 15) is 9.90 Å². The lowest BCUT2D eigenvalue weighted by Gasteiger charge is -2.48. The highest BCUT2D eigenvalue weighted by Crippen LogP contribution is 2.66. The molecule has 0 saturated heterocycles. The lowest BCUT2D eigenvalue weighted by atomic mass is 9.59. The Morgan fingerprint density at radius 3 is 2.69 bits per heavy atom. The van der Waals surface area contributed by atoms with Gasteiger partial charge in [-0.15, -0.1) is 0 Å². The second-order valence-electron chi connectivity index (χ2n) is 4.52. The van der Waals surface area contributed by atoms with Gasteiger partial charge >= 0.3 is 0 Å². The van der Waals surface area contributed by atoms with E-state index in [-0.39, 0.29) is 5.41 Å². The molecule has 2 rings (SSSR count). The minimum atomic E-state index is -0.909. The van der Waals surface area contributed by atoms with Crippen molar-refractivity contribution >= 4 is 21.9 Å². The molecule has 1 fully saturated rings. The summed E-state index contributed by atoms with van der Waals surface area (Å²) in [5.74, 6) is -0.510. The number of aliphatic carboxylic acids is 1. The van der Waals surface area contributed by atoms with Crippen LogP contribution in [0.5, 0.6) is 0 Å². The van der Waals surface area contributed by atoms with Crippen molar-refractivity contribution in [2.45, 2.75) is 26.7 Å². The van der Waals surface area contributed by atoms with Crippen molar-refractivity contribution in [3.8, 4) is 0 Å². The summed E-state index contributed by atoms with van der Waals surface area (Å²) in [4.78, 5) is 11.1. The van der Waals surface area contributed by atoms with E-state index >= 15 is 0 Å². The third-order valence-corrected chi connectivity index (χ3v) is 4.85. The topological polar surface area (TPSA) is 40.1 Å². The van der Waals surface area contributed by atoms with Gasteiger partial charge in [0.2, 0.25) is 0 Å². The van der Waals surface area contributed by atoms with E-state index in [2.05, 4.69) is 15.9 Å². The molecule has 3 atom stereocenters. The number of halogens is 1. The molecule has 0 spiro atoms. The zero-order chi connectivity index (χ0) is 9.85. The SMILES string of the molecule is C[C@@]1(C(=O)[O-])CC[C@@H]2C(Br)=C[C@@]21C. The van der Waals surface area contributed by atoms with Gasteiger partial charge in [0, 0.05) is 16.8 Å². The Hall–Kier alpha value is -0.310. The lowest BCUT2D eigenvalue weighted by molar-refractivity contribution is -0.322. The molecule has 0 bridgehead atoms. The number of carboxylic acids is 1. The summed E-state index contributed by atoms with van der Waals surface area (Å²) in [5.41, 5.74) is -0.862. The molecule has 2 aliphatic carbocycles. The first-order valence-electron chi connectivity index (χ1n) is 4.51. The van der Waals surface area contributed by atoms with Gasteiger partial charge in [0.15, 0.2) is 0 Å². The van der Waals surface area contributed by atoms with Crippen LogP contribution in [0, 0.1) is 16.7 Å². The number of carboxylic acid groups (broad SMARTS) is 1. The molecular weight excluding hydrogens is 232 g/mol. The van der Waals surface area contributed by atoms with Crippen molar-refractivity contribution in [3.63, 3.8) is 0 Å². The van der Waals surface area contributed by atoms with Crippen LogP contribution in [0.4, 0.5) is 0 Å².